The van der Waals surface area contributed by atoms with E-state index in [9.17, 15) is 8.78 Å². The van der Waals surface area contributed by atoms with Gasteiger partial charge in [-0.3, -0.25) is 0 Å². The normalized spacial score (nSPS) is 15.2. The Hall–Kier alpha value is -1.13. The van der Waals surface area contributed by atoms with Crippen molar-refractivity contribution in [3.05, 3.63) is 63.7 Å². The monoisotopic (exact) mass is 372 g/mol. The minimum atomic E-state index is -0.626. The lowest BCUT2D eigenvalue weighted by molar-refractivity contribution is 0.288. The van der Waals surface area contributed by atoms with Crippen LogP contribution in [0, 0.1) is 11.6 Å². The second kappa shape index (κ2) is 5.93. The molecule has 1 heterocycles. The summed E-state index contributed by atoms with van der Waals surface area (Å²) in [7, 11) is 0. The summed E-state index contributed by atoms with van der Waals surface area (Å²) in [6.45, 7) is 0.723. The first-order chi connectivity index (χ1) is 10.1. The highest BCUT2D eigenvalue weighted by Crippen LogP contribution is 2.37. The topological polar surface area (TPSA) is 9.23 Å². The number of alkyl halides is 1. The molecule has 0 aliphatic carbocycles. The lowest BCUT2D eigenvalue weighted by atomic mass is 9.98. The van der Waals surface area contributed by atoms with Gasteiger partial charge in [-0.2, -0.15) is 0 Å². The summed E-state index contributed by atoms with van der Waals surface area (Å²) in [4.78, 5) is -0.434. The quantitative estimate of drug-likeness (QED) is 0.504. The zero-order chi connectivity index (χ0) is 15.0. The van der Waals surface area contributed by atoms with Crippen molar-refractivity contribution in [2.24, 2.45) is 0 Å². The van der Waals surface area contributed by atoms with E-state index >= 15 is 0 Å². The van der Waals surface area contributed by atoms with Gasteiger partial charge in [0, 0.05) is 5.56 Å². The Bertz CT molecular complexity index is 690. The van der Waals surface area contributed by atoms with Gasteiger partial charge in [-0.25, -0.2) is 8.78 Å². The second-order valence-electron chi connectivity index (χ2n) is 4.97. The highest BCUT2D eigenvalue weighted by atomic mass is 79.9. The van der Waals surface area contributed by atoms with Crippen molar-refractivity contribution >= 4 is 27.5 Å². The molecule has 0 bridgehead atoms. The Morgan fingerprint density at radius 2 is 1.95 bits per heavy atom. The molecule has 1 aliphatic heterocycles. The van der Waals surface area contributed by atoms with Crippen molar-refractivity contribution in [1.82, 2.24) is 0 Å². The standard InChI is InChI=1S/C16H12BrClF2O/c17-16(11-7-14(20)12(18)8-13(11)19)10-3-4-15-9(6-10)2-1-5-21-15/h3-4,6-8,16H,1-2,5H2. The maximum Gasteiger partial charge on any atom is 0.142 e. The Kier molecular flexibility index (Phi) is 4.18. The molecule has 0 saturated carbocycles. The first-order valence-corrected chi connectivity index (χ1v) is 7.90. The van der Waals surface area contributed by atoms with Crippen molar-refractivity contribution < 1.29 is 13.5 Å². The van der Waals surface area contributed by atoms with Crippen LogP contribution in [0.25, 0.3) is 0 Å². The van der Waals surface area contributed by atoms with E-state index in [0.29, 0.717) is 0 Å². The summed E-state index contributed by atoms with van der Waals surface area (Å²) in [5.41, 5.74) is 2.19. The maximum atomic E-state index is 14.0. The van der Waals surface area contributed by atoms with Gasteiger partial charge in [0.1, 0.15) is 17.4 Å². The molecule has 0 aromatic heterocycles. The Morgan fingerprint density at radius 3 is 2.76 bits per heavy atom. The average Bonchev–Trinajstić information content (AvgIpc) is 2.50. The Morgan fingerprint density at radius 1 is 1.14 bits per heavy atom. The molecular weight excluding hydrogens is 362 g/mol. The van der Waals surface area contributed by atoms with Crippen molar-refractivity contribution in [2.75, 3.05) is 6.61 Å². The van der Waals surface area contributed by atoms with Crippen LogP contribution in [0.1, 0.15) is 27.9 Å². The molecule has 3 rings (SSSR count). The van der Waals surface area contributed by atoms with Crippen LogP contribution in [-0.2, 0) is 6.42 Å². The summed E-state index contributed by atoms with van der Waals surface area (Å²) in [6.07, 6.45) is 1.90. The molecule has 2 aromatic rings. The van der Waals surface area contributed by atoms with Crippen LogP contribution in [0.5, 0.6) is 5.75 Å². The third-order valence-corrected chi connectivity index (χ3v) is 4.85. The summed E-state index contributed by atoms with van der Waals surface area (Å²) in [5.74, 6) is -0.288. The molecule has 5 heteroatoms. The van der Waals surface area contributed by atoms with Gasteiger partial charge in [-0.15, -0.1) is 0 Å². The van der Waals surface area contributed by atoms with Gasteiger partial charge in [0.05, 0.1) is 16.5 Å². The van der Waals surface area contributed by atoms with Crippen molar-refractivity contribution in [2.45, 2.75) is 17.7 Å². The summed E-state index contributed by atoms with van der Waals surface area (Å²) in [6, 6.07) is 7.84. The molecular formula is C16H12BrClF2O. The lowest BCUT2D eigenvalue weighted by Crippen LogP contribution is -2.09. The van der Waals surface area contributed by atoms with E-state index in [1.54, 1.807) is 0 Å². The number of benzene rings is 2. The van der Waals surface area contributed by atoms with Crippen LogP contribution in [0.3, 0.4) is 0 Å². The molecule has 0 fully saturated rings. The number of rotatable bonds is 2. The van der Waals surface area contributed by atoms with Gasteiger partial charge in [-0.1, -0.05) is 39.7 Å². The van der Waals surface area contributed by atoms with E-state index in [4.69, 9.17) is 16.3 Å². The minimum absolute atomic E-state index is 0.213. The van der Waals surface area contributed by atoms with Crippen LogP contribution in [0.2, 0.25) is 5.02 Å². The summed E-state index contributed by atoms with van der Waals surface area (Å²) < 4.78 is 33.1. The van der Waals surface area contributed by atoms with E-state index in [1.807, 2.05) is 18.2 Å². The number of halogens is 4. The Balaban J connectivity index is 1.98. The van der Waals surface area contributed by atoms with Crippen molar-refractivity contribution in [3.63, 3.8) is 0 Å². The van der Waals surface area contributed by atoms with E-state index in [-0.39, 0.29) is 10.6 Å². The van der Waals surface area contributed by atoms with Crippen LogP contribution in [-0.4, -0.2) is 6.61 Å². The molecule has 1 unspecified atom stereocenters. The highest BCUT2D eigenvalue weighted by molar-refractivity contribution is 9.09. The Labute approximate surface area is 135 Å². The zero-order valence-electron chi connectivity index (χ0n) is 11.0. The smallest absolute Gasteiger partial charge is 0.142 e. The molecule has 1 nitrogen and oxygen atoms in total. The molecule has 1 aliphatic rings. The molecule has 0 spiro atoms. The fourth-order valence-corrected chi connectivity index (χ4v) is 3.24. The van der Waals surface area contributed by atoms with Crippen LogP contribution < -0.4 is 4.74 Å². The maximum absolute atomic E-state index is 14.0. The van der Waals surface area contributed by atoms with Gasteiger partial charge < -0.3 is 4.74 Å². The van der Waals surface area contributed by atoms with E-state index in [1.165, 1.54) is 0 Å². The number of hydrogen-bond donors (Lipinski definition) is 0. The number of aryl methyl sites for hydroxylation is 1. The molecule has 0 N–H and O–H groups in total. The zero-order valence-corrected chi connectivity index (χ0v) is 13.3. The van der Waals surface area contributed by atoms with Gasteiger partial charge in [0.15, 0.2) is 0 Å². The van der Waals surface area contributed by atoms with Gasteiger partial charge in [0.25, 0.3) is 0 Å². The highest BCUT2D eigenvalue weighted by Gasteiger charge is 2.20. The molecule has 1 atom stereocenters. The first kappa shape index (κ1) is 14.8. The second-order valence-corrected chi connectivity index (χ2v) is 6.29. The van der Waals surface area contributed by atoms with Crippen LogP contribution >= 0.6 is 27.5 Å². The van der Waals surface area contributed by atoms with Crippen molar-refractivity contribution in [1.29, 1.82) is 0 Å². The largest absolute Gasteiger partial charge is 0.493 e. The number of fused-ring (bicyclic) bond motifs is 1. The minimum Gasteiger partial charge on any atom is -0.493 e. The predicted octanol–water partition coefficient (Wildman–Crippen LogP) is 5.43. The predicted molar refractivity (Wildman–Crippen MR) is 82.4 cm³/mol. The molecule has 0 radical (unpaired) electrons. The average molecular weight is 374 g/mol. The third kappa shape index (κ3) is 2.92. The molecule has 21 heavy (non-hydrogen) atoms. The lowest BCUT2D eigenvalue weighted by Gasteiger charge is -2.20. The van der Waals surface area contributed by atoms with E-state index in [2.05, 4.69) is 15.9 Å². The third-order valence-electron chi connectivity index (χ3n) is 3.54. The first-order valence-electron chi connectivity index (χ1n) is 6.60. The van der Waals surface area contributed by atoms with Gasteiger partial charge >= 0.3 is 0 Å². The van der Waals surface area contributed by atoms with Crippen molar-refractivity contribution in [3.8, 4) is 5.75 Å². The van der Waals surface area contributed by atoms with Gasteiger partial charge in [0.2, 0.25) is 0 Å². The molecule has 110 valence electrons. The summed E-state index contributed by atoms with van der Waals surface area (Å²) in [5, 5.41) is -0.213. The molecule has 0 amide bonds. The molecule has 2 aromatic carbocycles. The van der Waals surface area contributed by atoms with Crippen LogP contribution in [0.4, 0.5) is 8.78 Å². The fraction of sp³-hybridized carbons (Fsp3) is 0.250. The number of ether oxygens (including phenoxy) is 1. The van der Waals surface area contributed by atoms with Gasteiger partial charge in [-0.05, 0) is 42.2 Å². The SMILES string of the molecule is Fc1cc(C(Br)c2ccc3c(c2)CCCO3)c(F)cc1Cl. The van der Waals surface area contributed by atoms with E-state index < -0.39 is 16.5 Å². The summed E-state index contributed by atoms with van der Waals surface area (Å²) >= 11 is 9.03. The van der Waals surface area contributed by atoms with Crippen LogP contribution in [0.15, 0.2) is 30.3 Å². The molecule has 0 saturated heterocycles. The fourth-order valence-electron chi connectivity index (χ4n) is 2.45. The number of hydrogen-bond acceptors (Lipinski definition) is 1. The van der Waals surface area contributed by atoms with E-state index in [0.717, 1.165) is 48.5 Å².